The van der Waals surface area contributed by atoms with Crippen LogP contribution in [0.3, 0.4) is 0 Å². The zero-order valence-corrected chi connectivity index (χ0v) is 14.2. The molecule has 0 amide bonds. The molecule has 2 aliphatic heterocycles. The number of rotatable bonds is 1. The molecule has 0 spiro atoms. The summed E-state index contributed by atoms with van der Waals surface area (Å²) < 4.78 is 103. The summed E-state index contributed by atoms with van der Waals surface area (Å²) in [5.74, 6) is 0. The fourth-order valence-corrected chi connectivity index (χ4v) is 3.17. The molecule has 2 rings (SSSR count). The van der Waals surface area contributed by atoms with Gasteiger partial charge in [0.25, 0.3) is 0 Å². The summed E-state index contributed by atoms with van der Waals surface area (Å²) in [5, 5.41) is 16.9. The minimum absolute atomic E-state index is 0.319. The second kappa shape index (κ2) is 8.51. The molecule has 0 atom stereocenters. The lowest BCUT2D eigenvalue weighted by molar-refractivity contribution is -0.926. The molecule has 2 aliphatic rings. The van der Waals surface area contributed by atoms with Crippen LogP contribution in [0.15, 0.2) is 0 Å². The number of halogens is 9. The molecule has 0 radical (unpaired) electrons. The Kier molecular flexibility index (Phi) is 8.26. The lowest BCUT2D eigenvalue weighted by Gasteiger charge is -2.33. The van der Waals surface area contributed by atoms with Crippen LogP contribution in [0.2, 0.25) is 0 Å². The molecule has 158 valence electrons. The minimum Gasteiger partial charge on any atom is -0.390 e. The van der Waals surface area contributed by atoms with Gasteiger partial charge in [0.1, 0.15) is 5.54 Å². The quantitative estimate of drug-likeness (QED) is 0.585. The summed E-state index contributed by atoms with van der Waals surface area (Å²) in [6, 6.07) is 0. The van der Waals surface area contributed by atoms with Gasteiger partial charge in [-0.2, -0.15) is 39.5 Å². The summed E-state index contributed by atoms with van der Waals surface area (Å²) in [6.45, 7) is 7.03. The molecule has 12 heteroatoms. The van der Waals surface area contributed by atoms with Crippen molar-refractivity contribution in [3.8, 4) is 0 Å². The predicted octanol–water partition coefficient (Wildman–Crippen LogP) is 2.62. The topological polar surface area (TPSA) is 44.9 Å². The number of quaternary nitrogens is 1. The van der Waals surface area contributed by atoms with E-state index in [1.54, 1.807) is 4.90 Å². The number of nitrogens with one attached hydrogen (secondary N) is 1. The Bertz CT molecular complexity index is 386. The van der Waals surface area contributed by atoms with E-state index in [4.69, 9.17) is 5.11 Å². The molecule has 26 heavy (non-hydrogen) atoms. The zero-order chi connectivity index (χ0) is 21.0. The van der Waals surface area contributed by atoms with Crippen molar-refractivity contribution in [3.05, 3.63) is 0 Å². The molecule has 2 heterocycles. The number of hydrogen-bond donors (Lipinski definition) is 3. The second-order valence-corrected chi connectivity index (χ2v) is 5.95. The van der Waals surface area contributed by atoms with Crippen LogP contribution in [0, 0.1) is 0 Å². The van der Waals surface area contributed by atoms with Crippen LogP contribution in [0.4, 0.5) is 39.5 Å². The molecular formula is C14H23F9NO2+. The van der Waals surface area contributed by atoms with E-state index < -0.39 is 24.1 Å². The maximum absolute atomic E-state index is 11.4. The van der Waals surface area contributed by atoms with E-state index in [9.17, 15) is 44.6 Å². The average Bonchev–Trinajstić information content (AvgIpc) is 3.05. The van der Waals surface area contributed by atoms with Gasteiger partial charge in [-0.25, -0.2) is 0 Å². The van der Waals surface area contributed by atoms with Crippen LogP contribution in [0.5, 0.6) is 0 Å². The molecule has 2 saturated heterocycles. The smallest absolute Gasteiger partial charge is 0.390 e. The van der Waals surface area contributed by atoms with Crippen molar-refractivity contribution in [2.24, 2.45) is 0 Å². The lowest BCUT2D eigenvalue weighted by Crippen LogP contribution is -3.16. The van der Waals surface area contributed by atoms with Crippen LogP contribution in [0.1, 0.15) is 39.5 Å². The van der Waals surface area contributed by atoms with Crippen molar-refractivity contribution in [2.75, 3.05) is 19.7 Å². The van der Waals surface area contributed by atoms with Crippen molar-refractivity contribution >= 4 is 0 Å². The third kappa shape index (κ3) is 4.75. The van der Waals surface area contributed by atoms with Gasteiger partial charge in [0.05, 0.1) is 19.7 Å². The lowest BCUT2D eigenvalue weighted by atomic mass is 9.96. The van der Waals surface area contributed by atoms with Crippen LogP contribution in [-0.2, 0) is 0 Å². The summed E-state index contributed by atoms with van der Waals surface area (Å²) in [5.41, 5.74) is -6.37. The van der Waals surface area contributed by atoms with Crippen LogP contribution in [0.25, 0.3) is 0 Å². The van der Waals surface area contributed by atoms with Gasteiger partial charge < -0.3 is 15.1 Å². The first-order valence-corrected chi connectivity index (χ1v) is 8.01. The van der Waals surface area contributed by atoms with Gasteiger partial charge in [0.2, 0.25) is 0 Å². The molecule has 0 bridgehead atoms. The number of aliphatic hydroxyl groups excluding tert-OH is 1. The number of alkyl halides is 9. The monoisotopic (exact) mass is 408 g/mol. The van der Waals surface area contributed by atoms with Gasteiger partial charge in [-0.05, 0) is 0 Å². The second-order valence-electron chi connectivity index (χ2n) is 5.95. The normalized spacial score (nSPS) is 26.4. The molecule has 3 N–H and O–H groups in total. The Morgan fingerprint density at radius 2 is 1.08 bits per heavy atom. The van der Waals surface area contributed by atoms with Gasteiger partial charge in [0, 0.05) is 25.7 Å². The molecule has 0 saturated carbocycles. The molecule has 0 aliphatic carbocycles. The Morgan fingerprint density at radius 1 is 0.769 bits per heavy atom. The Labute approximate surface area is 144 Å². The largest absolute Gasteiger partial charge is 0.435 e. The molecule has 0 aromatic carbocycles. The van der Waals surface area contributed by atoms with E-state index in [0.717, 1.165) is 0 Å². The van der Waals surface area contributed by atoms with Crippen molar-refractivity contribution in [2.45, 2.75) is 69.2 Å². The fourth-order valence-electron chi connectivity index (χ4n) is 3.17. The first-order valence-electron chi connectivity index (χ1n) is 8.01. The van der Waals surface area contributed by atoms with E-state index in [2.05, 4.69) is 0 Å². The average molecular weight is 408 g/mol. The molecule has 0 unspecified atom stereocenters. The summed E-state index contributed by atoms with van der Waals surface area (Å²) in [7, 11) is 0. The maximum Gasteiger partial charge on any atom is 0.435 e. The summed E-state index contributed by atoms with van der Waals surface area (Å²) in [6.07, 6.45) is -15.4. The first-order chi connectivity index (χ1) is 11.6. The number of aliphatic hydroxyl groups is 2. The summed E-state index contributed by atoms with van der Waals surface area (Å²) in [4.78, 5) is 1.68. The van der Waals surface area contributed by atoms with E-state index in [1.807, 2.05) is 13.8 Å². The van der Waals surface area contributed by atoms with E-state index >= 15 is 0 Å². The van der Waals surface area contributed by atoms with Crippen LogP contribution in [-0.4, -0.2) is 59.6 Å². The highest BCUT2D eigenvalue weighted by Crippen LogP contribution is 2.52. The van der Waals surface area contributed by atoms with Gasteiger partial charge in [-0.15, -0.1) is 0 Å². The maximum atomic E-state index is 11.4. The highest BCUT2D eigenvalue weighted by atomic mass is 19.4. The first kappa shape index (κ1) is 25.2. The van der Waals surface area contributed by atoms with E-state index in [1.165, 1.54) is 38.8 Å². The Hall–Kier alpha value is -0.750. The minimum atomic E-state index is -6.87. The molecule has 3 nitrogen and oxygen atoms in total. The zero-order valence-electron chi connectivity index (χ0n) is 14.2. The third-order valence-corrected chi connectivity index (χ3v) is 4.55. The predicted molar refractivity (Wildman–Crippen MR) is 73.4 cm³/mol. The Balaban J connectivity index is 0.000000453. The van der Waals surface area contributed by atoms with E-state index in [0.29, 0.717) is 12.1 Å². The Morgan fingerprint density at radius 3 is 1.23 bits per heavy atom. The van der Waals surface area contributed by atoms with E-state index in [-0.39, 0.29) is 0 Å². The number of hydrogen-bond acceptors (Lipinski definition) is 2. The van der Waals surface area contributed by atoms with Gasteiger partial charge in [-0.1, -0.05) is 13.8 Å². The molecule has 0 aromatic heterocycles. The fraction of sp³-hybridized carbons (Fsp3) is 1.00. The summed E-state index contributed by atoms with van der Waals surface area (Å²) >= 11 is 0. The standard InChI is InChI=1S/C8H15NO.C4HF9O.C2H6/c10-7-8-3-1-5-9(8)6-2-4-8;5-2(6,7)1(14,3(8,9)10)4(11,12)13;1-2/h10H,1-7H2;14H;1-2H3/p+1. The van der Waals surface area contributed by atoms with Crippen molar-refractivity contribution in [3.63, 3.8) is 0 Å². The van der Waals surface area contributed by atoms with Crippen molar-refractivity contribution < 1.29 is 54.6 Å². The van der Waals surface area contributed by atoms with Crippen molar-refractivity contribution in [1.29, 1.82) is 0 Å². The SMILES string of the molecule is CC.OC(C(F)(F)F)(C(F)(F)F)C(F)(F)F.OCC12CCC[NH+]1CCC2. The van der Waals surface area contributed by atoms with Gasteiger partial charge in [-0.3, -0.25) is 0 Å². The number of fused-ring (bicyclic) bond motifs is 1. The van der Waals surface area contributed by atoms with Crippen LogP contribution >= 0.6 is 0 Å². The van der Waals surface area contributed by atoms with Gasteiger partial charge >= 0.3 is 24.1 Å². The van der Waals surface area contributed by atoms with Gasteiger partial charge in [0.15, 0.2) is 0 Å². The van der Waals surface area contributed by atoms with Crippen molar-refractivity contribution in [1.82, 2.24) is 0 Å². The molecular weight excluding hydrogens is 385 g/mol. The van der Waals surface area contributed by atoms with Crippen LogP contribution < -0.4 is 4.90 Å². The highest BCUT2D eigenvalue weighted by molar-refractivity contribution is 5.00. The highest BCUT2D eigenvalue weighted by Gasteiger charge is 2.83. The third-order valence-electron chi connectivity index (χ3n) is 4.55. The molecule has 2 fully saturated rings. The molecule has 0 aromatic rings.